The van der Waals surface area contributed by atoms with E-state index in [-0.39, 0.29) is 16.3 Å². The maximum absolute atomic E-state index is 12.2. The fourth-order valence-electron chi connectivity index (χ4n) is 2.13. The fraction of sp³-hybridized carbons (Fsp3) is 0. The molecule has 6 nitrogen and oxygen atoms in total. The molecule has 0 aliphatic carbocycles. The predicted molar refractivity (Wildman–Crippen MR) is 84.9 cm³/mol. The SMILES string of the molecule is O=[N+]([O-])c1ccc(S(=O)(=O)Oc2ccc3ccccc3c2)cc1. The monoisotopic (exact) mass is 329 g/mol. The molecule has 0 radical (unpaired) electrons. The highest BCUT2D eigenvalue weighted by molar-refractivity contribution is 7.87. The average Bonchev–Trinajstić information content (AvgIpc) is 2.54. The molecule has 0 unspecified atom stereocenters. The van der Waals surface area contributed by atoms with Gasteiger partial charge in [0.15, 0.2) is 0 Å². The number of benzene rings is 3. The first-order valence-electron chi connectivity index (χ1n) is 6.63. The molecule has 0 heterocycles. The minimum absolute atomic E-state index is 0.142. The van der Waals surface area contributed by atoms with Gasteiger partial charge in [0.05, 0.1) is 4.92 Å². The van der Waals surface area contributed by atoms with E-state index in [0.717, 1.165) is 35.0 Å². The Morgan fingerprint density at radius 2 is 1.52 bits per heavy atom. The number of rotatable bonds is 4. The summed E-state index contributed by atoms with van der Waals surface area (Å²) >= 11 is 0. The van der Waals surface area contributed by atoms with Gasteiger partial charge in [-0.25, -0.2) is 0 Å². The van der Waals surface area contributed by atoms with Crippen molar-refractivity contribution in [1.82, 2.24) is 0 Å². The first kappa shape index (κ1) is 15.0. The number of hydrogen-bond acceptors (Lipinski definition) is 5. The summed E-state index contributed by atoms with van der Waals surface area (Å²) in [5, 5.41) is 12.4. The predicted octanol–water partition coefficient (Wildman–Crippen LogP) is 3.52. The van der Waals surface area contributed by atoms with Crippen LogP contribution in [0.5, 0.6) is 5.75 Å². The Balaban J connectivity index is 1.91. The molecular formula is C16H11NO5S. The van der Waals surface area contributed by atoms with E-state index in [2.05, 4.69) is 0 Å². The minimum atomic E-state index is -4.05. The van der Waals surface area contributed by atoms with E-state index in [1.54, 1.807) is 18.2 Å². The smallest absolute Gasteiger partial charge is 0.339 e. The lowest BCUT2D eigenvalue weighted by Crippen LogP contribution is -2.09. The Hall–Kier alpha value is -2.93. The lowest BCUT2D eigenvalue weighted by Gasteiger charge is -2.08. The van der Waals surface area contributed by atoms with E-state index in [0.29, 0.717) is 0 Å². The maximum Gasteiger partial charge on any atom is 0.339 e. The quantitative estimate of drug-likeness (QED) is 0.415. The fourth-order valence-corrected chi connectivity index (χ4v) is 3.05. The van der Waals surface area contributed by atoms with Gasteiger partial charge in [-0.05, 0) is 35.0 Å². The van der Waals surface area contributed by atoms with E-state index in [1.165, 1.54) is 0 Å². The summed E-state index contributed by atoms with van der Waals surface area (Å²) in [6.45, 7) is 0. The van der Waals surface area contributed by atoms with Crippen LogP contribution < -0.4 is 4.18 Å². The second-order valence-electron chi connectivity index (χ2n) is 4.80. The molecule has 23 heavy (non-hydrogen) atoms. The van der Waals surface area contributed by atoms with Gasteiger partial charge >= 0.3 is 10.1 Å². The van der Waals surface area contributed by atoms with Gasteiger partial charge in [0.25, 0.3) is 5.69 Å². The Morgan fingerprint density at radius 1 is 0.870 bits per heavy atom. The zero-order chi connectivity index (χ0) is 16.4. The van der Waals surface area contributed by atoms with Gasteiger partial charge < -0.3 is 4.18 Å². The Morgan fingerprint density at radius 3 is 2.17 bits per heavy atom. The molecule has 0 saturated carbocycles. The van der Waals surface area contributed by atoms with Gasteiger partial charge in [0.2, 0.25) is 0 Å². The van der Waals surface area contributed by atoms with Crippen molar-refractivity contribution in [2.45, 2.75) is 4.90 Å². The Labute approximate surface area is 132 Å². The summed E-state index contributed by atoms with van der Waals surface area (Å²) < 4.78 is 29.6. The molecule has 0 aliphatic heterocycles. The Bertz CT molecular complexity index is 981. The van der Waals surface area contributed by atoms with Crippen LogP contribution in [0, 0.1) is 10.1 Å². The topological polar surface area (TPSA) is 86.5 Å². The van der Waals surface area contributed by atoms with Crippen LogP contribution in [0.15, 0.2) is 71.6 Å². The summed E-state index contributed by atoms with van der Waals surface area (Å²) in [5.74, 6) is 0.182. The van der Waals surface area contributed by atoms with Gasteiger partial charge in [-0.1, -0.05) is 30.3 Å². The van der Waals surface area contributed by atoms with Crippen molar-refractivity contribution < 1.29 is 17.5 Å². The second-order valence-corrected chi connectivity index (χ2v) is 6.34. The van der Waals surface area contributed by atoms with Crippen LogP contribution in [0.3, 0.4) is 0 Å². The molecule has 0 spiro atoms. The molecule has 7 heteroatoms. The van der Waals surface area contributed by atoms with Crippen molar-refractivity contribution >= 4 is 26.6 Å². The number of nitrogens with zero attached hydrogens (tertiary/aromatic N) is 1. The number of fused-ring (bicyclic) bond motifs is 1. The summed E-state index contributed by atoms with van der Waals surface area (Å²) in [4.78, 5) is 9.86. The highest BCUT2D eigenvalue weighted by atomic mass is 32.2. The van der Waals surface area contributed by atoms with Gasteiger partial charge in [-0.3, -0.25) is 10.1 Å². The molecule has 0 aromatic heterocycles. The van der Waals surface area contributed by atoms with Crippen molar-refractivity contribution in [2.24, 2.45) is 0 Å². The molecule has 0 aliphatic rings. The summed E-state index contributed by atoms with van der Waals surface area (Å²) in [6.07, 6.45) is 0. The summed E-state index contributed by atoms with van der Waals surface area (Å²) in [6, 6.07) is 17.0. The third-order valence-corrected chi connectivity index (χ3v) is 4.52. The van der Waals surface area contributed by atoms with Crippen molar-refractivity contribution in [2.75, 3.05) is 0 Å². The summed E-state index contributed by atoms with van der Waals surface area (Å²) in [7, 11) is -4.05. The van der Waals surface area contributed by atoms with Crippen molar-refractivity contribution in [3.63, 3.8) is 0 Å². The van der Waals surface area contributed by atoms with E-state index in [4.69, 9.17) is 4.18 Å². The van der Waals surface area contributed by atoms with Gasteiger partial charge in [0, 0.05) is 12.1 Å². The second kappa shape index (κ2) is 5.69. The van der Waals surface area contributed by atoms with Gasteiger partial charge in [0.1, 0.15) is 10.6 Å². The molecule has 0 fully saturated rings. The molecule has 3 aromatic carbocycles. The maximum atomic E-state index is 12.2. The summed E-state index contributed by atoms with van der Waals surface area (Å²) in [5.41, 5.74) is -0.186. The zero-order valence-electron chi connectivity index (χ0n) is 11.7. The largest absolute Gasteiger partial charge is 0.379 e. The number of nitro groups is 1. The van der Waals surface area contributed by atoms with Gasteiger partial charge in [-0.2, -0.15) is 8.42 Å². The van der Waals surface area contributed by atoms with Crippen molar-refractivity contribution in [1.29, 1.82) is 0 Å². The molecule has 3 aromatic rings. The third-order valence-electron chi connectivity index (χ3n) is 3.26. The number of nitro benzene ring substituents is 1. The van der Waals surface area contributed by atoms with Crippen LogP contribution in [0.4, 0.5) is 5.69 Å². The highest BCUT2D eigenvalue weighted by Crippen LogP contribution is 2.24. The van der Waals surface area contributed by atoms with Crippen LogP contribution in [0.2, 0.25) is 0 Å². The van der Waals surface area contributed by atoms with Crippen molar-refractivity contribution in [3.8, 4) is 5.75 Å². The average molecular weight is 329 g/mol. The molecule has 0 N–H and O–H groups in total. The van der Waals surface area contributed by atoms with Gasteiger partial charge in [-0.15, -0.1) is 0 Å². The first-order chi connectivity index (χ1) is 11.0. The van der Waals surface area contributed by atoms with Crippen molar-refractivity contribution in [3.05, 3.63) is 76.8 Å². The number of hydrogen-bond donors (Lipinski definition) is 0. The molecule has 0 bridgehead atoms. The van der Waals surface area contributed by atoms with E-state index < -0.39 is 15.0 Å². The lowest BCUT2D eigenvalue weighted by atomic mass is 10.1. The van der Waals surface area contributed by atoms with E-state index in [1.807, 2.05) is 24.3 Å². The molecular weight excluding hydrogens is 318 g/mol. The van der Waals surface area contributed by atoms with Crippen LogP contribution in [-0.4, -0.2) is 13.3 Å². The highest BCUT2D eigenvalue weighted by Gasteiger charge is 2.18. The molecule has 0 atom stereocenters. The normalized spacial score (nSPS) is 11.3. The molecule has 0 saturated heterocycles. The van der Waals surface area contributed by atoms with Crippen LogP contribution in [-0.2, 0) is 10.1 Å². The van der Waals surface area contributed by atoms with Crippen LogP contribution in [0.1, 0.15) is 0 Å². The third kappa shape index (κ3) is 3.14. The Kier molecular flexibility index (Phi) is 3.71. The van der Waals surface area contributed by atoms with E-state index >= 15 is 0 Å². The van der Waals surface area contributed by atoms with E-state index in [9.17, 15) is 18.5 Å². The lowest BCUT2D eigenvalue weighted by molar-refractivity contribution is -0.384. The molecule has 3 rings (SSSR count). The zero-order valence-corrected chi connectivity index (χ0v) is 12.6. The standard InChI is InChI=1S/C16H11NO5S/c18-17(19)14-6-9-16(10-7-14)23(20,21)22-15-8-5-12-3-1-2-4-13(12)11-15/h1-11H. The van der Waals surface area contributed by atoms with Crippen LogP contribution >= 0.6 is 0 Å². The minimum Gasteiger partial charge on any atom is -0.379 e. The molecule has 0 amide bonds. The van der Waals surface area contributed by atoms with Crippen LogP contribution in [0.25, 0.3) is 10.8 Å². The molecule has 116 valence electrons. The first-order valence-corrected chi connectivity index (χ1v) is 8.04. The number of non-ortho nitro benzene ring substituents is 1.